The zero-order valence-electron chi connectivity index (χ0n) is 19.6. The normalized spacial score (nSPS) is 22.6. The van der Waals surface area contributed by atoms with Gasteiger partial charge in [-0.15, -0.1) is 0 Å². The van der Waals surface area contributed by atoms with Crippen molar-refractivity contribution in [2.75, 3.05) is 13.7 Å². The first-order chi connectivity index (χ1) is 17.1. The quantitative estimate of drug-likeness (QED) is 0.319. The number of aliphatic hydroxyl groups is 1. The van der Waals surface area contributed by atoms with Gasteiger partial charge >= 0.3 is 69.1 Å². The zero-order chi connectivity index (χ0) is 26.3. The average molecular weight is 564 g/mol. The fourth-order valence-corrected chi connectivity index (χ4v) is 5.61. The van der Waals surface area contributed by atoms with E-state index < -0.39 is 23.4 Å². The van der Waals surface area contributed by atoms with Crippen molar-refractivity contribution < 1.29 is 51.4 Å². The van der Waals surface area contributed by atoms with Crippen LogP contribution in [0.5, 0.6) is 17.2 Å². The number of fused-ring (bicyclic) bond motifs is 3. The third kappa shape index (κ3) is 4.49. The van der Waals surface area contributed by atoms with Crippen molar-refractivity contribution in [1.82, 2.24) is 0 Å². The number of carbonyl (C=O) groups is 2. The molecular formula is C26H24O7S2V. The topological polar surface area (TPSA) is 113 Å². The monoisotopic (exact) mass is 563 g/mol. The third-order valence-corrected chi connectivity index (χ3v) is 8.57. The van der Waals surface area contributed by atoms with E-state index in [1.54, 1.807) is 12.1 Å². The number of rotatable bonds is 2. The summed E-state index contributed by atoms with van der Waals surface area (Å²) in [5, 5.41) is 33.5. The van der Waals surface area contributed by atoms with E-state index in [0.717, 1.165) is 17.9 Å². The summed E-state index contributed by atoms with van der Waals surface area (Å²) in [4.78, 5) is 27.1. The second-order valence-corrected chi connectivity index (χ2v) is 10.4. The van der Waals surface area contributed by atoms with Crippen LogP contribution in [0.3, 0.4) is 0 Å². The Bertz CT molecular complexity index is 1320. The maximum Gasteiger partial charge on any atom is 0.202 e. The molecule has 10 heteroatoms. The molecule has 0 spiro atoms. The molecule has 0 amide bonds. The van der Waals surface area contributed by atoms with Crippen LogP contribution in [0.25, 0.3) is 0 Å². The summed E-state index contributed by atoms with van der Waals surface area (Å²) < 4.78 is 11.7. The third-order valence-electron chi connectivity index (χ3n) is 6.64. The van der Waals surface area contributed by atoms with Crippen molar-refractivity contribution >= 4 is 50.5 Å². The summed E-state index contributed by atoms with van der Waals surface area (Å²) in [6.45, 7) is 2.82. The molecule has 1 saturated heterocycles. The molecule has 36 heavy (non-hydrogen) atoms. The van der Waals surface area contributed by atoms with Gasteiger partial charge in [-0.2, -0.15) is 0 Å². The number of aliphatic hydroxyl groups excluding tert-OH is 1. The fraction of sp³-hybridized carbons (Fsp3) is 0.346. The number of phenolic OH excluding ortho intramolecular Hbond substituents is 2. The number of methoxy groups -OCH3 is 1. The second kappa shape index (κ2) is 10.6. The molecule has 2 aromatic carbocycles. The molecule has 3 unspecified atom stereocenters. The standard InChI is InChI=1S/C20H16O6S.C6H8OS.V/c1-26-12-4-2-3-9-14(12)20(25)16-15(17(9)22)18(23)10-5-8(7-27)6-11(21)13(10)19(16)24;1-5-6(8)3-2-4-7-5;/h2-4,7-8,11,21,23-24H,5-6H2,1H3;5H,2,4H2,1H3;. The molecule has 0 aromatic heterocycles. The number of ketones is 2. The summed E-state index contributed by atoms with van der Waals surface area (Å²) in [5.41, 5.74) is -0.0665. The van der Waals surface area contributed by atoms with Crippen molar-refractivity contribution in [3.8, 4) is 17.2 Å². The van der Waals surface area contributed by atoms with Crippen LogP contribution in [0.2, 0.25) is 0 Å². The fourth-order valence-electron chi connectivity index (χ4n) is 4.80. The van der Waals surface area contributed by atoms with Crippen molar-refractivity contribution in [3.05, 3.63) is 51.6 Å². The summed E-state index contributed by atoms with van der Waals surface area (Å²) in [5.74, 6) is -2.04. The van der Waals surface area contributed by atoms with E-state index in [9.17, 15) is 24.9 Å². The molecule has 7 nitrogen and oxygen atoms in total. The largest absolute Gasteiger partial charge is 0.507 e. The number of phenols is 2. The van der Waals surface area contributed by atoms with E-state index in [2.05, 4.69) is 17.0 Å². The predicted octanol–water partition coefficient (Wildman–Crippen LogP) is 3.36. The minimum atomic E-state index is -1.10. The van der Waals surface area contributed by atoms with Crippen molar-refractivity contribution in [2.24, 2.45) is 5.92 Å². The molecule has 5 rings (SSSR count). The van der Waals surface area contributed by atoms with Crippen LogP contribution in [0, 0.1) is 5.92 Å². The van der Waals surface area contributed by atoms with E-state index in [-0.39, 0.29) is 69.7 Å². The number of aromatic hydroxyl groups is 2. The van der Waals surface area contributed by atoms with Crippen LogP contribution < -0.4 is 4.74 Å². The number of benzene rings is 2. The Morgan fingerprint density at radius 2 is 1.83 bits per heavy atom. The van der Waals surface area contributed by atoms with Crippen LogP contribution in [-0.4, -0.2) is 61.2 Å². The summed E-state index contributed by atoms with van der Waals surface area (Å²) >= 11 is 12.6. The number of hydrogen-bond acceptors (Lipinski definition) is 9. The van der Waals surface area contributed by atoms with Gasteiger partial charge in [0.1, 0.15) is 17.2 Å². The average Bonchev–Trinajstić information content (AvgIpc) is 2.87. The van der Waals surface area contributed by atoms with Gasteiger partial charge in [0.2, 0.25) is 5.78 Å². The molecule has 3 aliphatic rings. The summed E-state index contributed by atoms with van der Waals surface area (Å²) in [7, 11) is 1.38. The number of carbonyl (C=O) groups excluding carboxylic acids is 2. The smallest absolute Gasteiger partial charge is 0.202 e. The zero-order valence-corrected chi connectivity index (χ0v) is 22.6. The Balaban J connectivity index is 0.000000286. The minimum Gasteiger partial charge on any atom is -0.507 e. The van der Waals surface area contributed by atoms with Gasteiger partial charge in [-0.3, -0.25) is 9.59 Å². The summed E-state index contributed by atoms with van der Waals surface area (Å²) in [6, 6.07) is 4.60. The Hall–Kier alpha value is -2.27. The van der Waals surface area contributed by atoms with Gasteiger partial charge in [-0.1, -0.05) is 24.4 Å². The van der Waals surface area contributed by atoms with Crippen LogP contribution in [0.15, 0.2) is 18.2 Å². The first-order valence-electron chi connectivity index (χ1n) is 11.3. The van der Waals surface area contributed by atoms with Gasteiger partial charge in [0.15, 0.2) is 5.78 Å². The van der Waals surface area contributed by atoms with Crippen LogP contribution in [0.1, 0.15) is 68.8 Å². The van der Waals surface area contributed by atoms with E-state index in [1.165, 1.54) is 22.8 Å². The maximum absolute atomic E-state index is 13.1. The molecule has 1 heterocycles. The van der Waals surface area contributed by atoms with Gasteiger partial charge in [0, 0.05) is 16.7 Å². The molecule has 0 bridgehead atoms. The molecule has 3 N–H and O–H groups in total. The summed E-state index contributed by atoms with van der Waals surface area (Å²) in [6.07, 6.45) is 0.589. The molecule has 0 radical (unpaired) electrons. The Morgan fingerprint density at radius 1 is 1.14 bits per heavy atom. The van der Waals surface area contributed by atoms with Crippen molar-refractivity contribution in [2.45, 2.75) is 38.4 Å². The van der Waals surface area contributed by atoms with E-state index in [1.807, 2.05) is 6.92 Å². The van der Waals surface area contributed by atoms with Crippen LogP contribution in [0.4, 0.5) is 0 Å². The molecule has 3 atom stereocenters. The molecule has 1 aliphatic heterocycles. The Morgan fingerprint density at radius 3 is 2.44 bits per heavy atom. The molecule has 187 valence electrons. The number of ether oxygens (including phenoxy) is 2. The van der Waals surface area contributed by atoms with Gasteiger partial charge in [-0.05, 0) is 30.2 Å². The Labute approximate surface area is 227 Å². The molecule has 2 aromatic rings. The van der Waals surface area contributed by atoms with Gasteiger partial charge in [0.05, 0.1) is 29.9 Å². The van der Waals surface area contributed by atoms with E-state index in [0.29, 0.717) is 0 Å². The second-order valence-electron chi connectivity index (χ2n) is 8.81. The Kier molecular flexibility index (Phi) is 7.90. The van der Waals surface area contributed by atoms with Gasteiger partial charge in [0.25, 0.3) is 0 Å². The van der Waals surface area contributed by atoms with Crippen molar-refractivity contribution in [1.29, 1.82) is 0 Å². The molecule has 2 aliphatic carbocycles. The van der Waals surface area contributed by atoms with E-state index in [4.69, 9.17) is 33.9 Å². The molecule has 0 saturated carbocycles. The first kappa shape index (κ1) is 26.8. The molecule has 1 fully saturated rings. The van der Waals surface area contributed by atoms with Crippen LogP contribution in [-0.2, 0) is 28.1 Å². The minimum absolute atomic E-state index is 0.0363. The van der Waals surface area contributed by atoms with Crippen molar-refractivity contribution in [3.63, 3.8) is 0 Å². The number of thiocarbonyl (C=S) groups is 2. The SMILES string of the molecule is CC1OCC[C](=[V])C1=S.COc1cccc2c1C(=O)c1c(O)c3c(c(O)c1C2=O)CC(C=S)CC3O. The maximum atomic E-state index is 13.1. The van der Waals surface area contributed by atoms with Gasteiger partial charge < -0.3 is 20.1 Å². The first-order valence-corrected chi connectivity index (χ1v) is 12.9. The van der Waals surface area contributed by atoms with E-state index >= 15 is 0 Å². The van der Waals surface area contributed by atoms with Gasteiger partial charge in [-0.25, -0.2) is 0 Å². The van der Waals surface area contributed by atoms with Crippen LogP contribution >= 0.6 is 24.4 Å². The number of hydrogen-bond donors (Lipinski definition) is 3. The predicted molar refractivity (Wildman–Crippen MR) is 138 cm³/mol. The molecular weight excluding hydrogens is 539 g/mol.